The number of hydrogen-bond acceptors (Lipinski definition) is 3. The molecular formula is C23H20Cl2N2O3S. The molecule has 31 heavy (non-hydrogen) atoms. The first-order chi connectivity index (χ1) is 14.9. The Bertz CT molecular complexity index is 1220. The first-order valence-corrected chi connectivity index (χ1v) is 11.9. The van der Waals surface area contributed by atoms with Gasteiger partial charge < -0.3 is 4.90 Å². The third kappa shape index (κ3) is 4.56. The van der Waals surface area contributed by atoms with Crippen LogP contribution in [0.15, 0.2) is 77.7 Å². The predicted molar refractivity (Wildman–Crippen MR) is 123 cm³/mol. The summed E-state index contributed by atoms with van der Waals surface area (Å²) in [4.78, 5) is 15.0. The Morgan fingerprint density at radius 2 is 1.61 bits per heavy atom. The lowest BCUT2D eigenvalue weighted by Gasteiger charge is -2.32. The molecule has 1 amide bonds. The summed E-state index contributed by atoms with van der Waals surface area (Å²) in [7, 11) is -4.03. The lowest BCUT2D eigenvalue weighted by Crippen LogP contribution is -2.44. The normalized spacial score (nSPS) is 13.5. The quantitative estimate of drug-likeness (QED) is 0.534. The van der Waals surface area contributed by atoms with Gasteiger partial charge in [0.2, 0.25) is 5.91 Å². The third-order valence-electron chi connectivity index (χ3n) is 5.27. The van der Waals surface area contributed by atoms with E-state index in [1.54, 1.807) is 29.2 Å². The molecule has 160 valence electrons. The van der Waals surface area contributed by atoms with Gasteiger partial charge in [0, 0.05) is 18.1 Å². The highest BCUT2D eigenvalue weighted by Gasteiger charge is 2.31. The van der Waals surface area contributed by atoms with E-state index in [1.807, 2.05) is 18.2 Å². The maximum absolute atomic E-state index is 13.5. The average Bonchev–Trinajstić information content (AvgIpc) is 2.78. The van der Waals surface area contributed by atoms with Crippen LogP contribution < -0.4 is 4.31 Å². The van der Waals surface area contributed by atoms with Crippen LogP contribution in [0, 0.1) is 0 Å². The van der Waals surface area contributed by atoms with Gasteiger partial charge in [0.1, 0.15) is 6.54 Å². The number of sulfonamides is 1. The number of anilines is 1. The highest BCUT2D eigenvalue weighted by atomic mass is 35.5. The molecule has 0 saturated carbocycles. The van der Waals surface area contributed by atoms with Crippen LogP contribution in [-0.4, -0.2) is 32.3 Å². The third-order valence-corrected chi connectivity index (χ3v) is 7.58. The molecule has 4 rings (SSSR count). The van der Waals surface area contributed by atoms with E-state index in [1.165, 1.54) is 29.8 Å². The maximum atomic E-state index is 13.5. The van der Waals surface area contributed by atoms with Gasteiger partial charge in [0.15, 0.2) is 0 Å². The molecule has 3 aromatic rings. The van der Waals surface area contributed by atoms with E-state index in [0.717, 1.165) is 16.3 Å². The minimum atomic E-state index is -4.03. The molecule has 1 aliphatic heterocycles. The zero-order valence-electron chi connectivity index (χ0n) is 16.5. The van der Waals surface area contributed by atoms with Crippen LogP contribution in [0.5, 0.6) is 0 Å². The molecule has 3 aromatic carbocycles. The number of rotatable bonds is 5. The van der Waals surface area contributed by atoms with E-state index in [0.29, 0.717) is 18.1 Å². The lowest BCUT2D eigenvalue weighted by molar-refractivity contribution is -0.130. The standard InChI is InChI=1S/C23H20Cl2N2O3S/c24-19-10-11-22(21(25)14-19)27(31(29,30)20-8-2-1-3-9-20)16-23(28)26-13-12-17-6-4-5-7-18(17)15-26/h1-11,14H,12-13,15-16H2. The first-order valence-electron chi connectivity index (χ1n) is 9.73. The Balaban J connectivity index is 1.68. The van der Waals surface area contributed by atoms with Crippen LogP contribution in [0.1, 0.15) is 11.1 Å². The summed E-state index contributed by atoms with van der Waals surface area (Å²) in [6, 6.07) is 20.5. The Morgan fingerprint density at radius 1 is 0.935 bits per heavy atom. The number of amides is 1. The second kappa shape index (κ2) is 8.91. The molecule has 8 heteroatoms. The number of benzene rings is 3. The van der Waals surface area contributed by atoms with Gasteiger partial charge in [-0.3, -0.25) is 9.10 Å². The molecule has 0 N–H and O–H groups in total. The summed E-state index contributed by atoms with van der Waals surface area (Å²) in [5, 5.41) is 0.536. The second-order valence-corrected chi connectivity index (χ2v) is 9.96. The van der Waals surface area contributed by atoms with E-state index >= 15 is 0 Å². The van der Waals surface area contributed by atoms with Crippen LogP contribution >= 0.6 is 23.2 Å². The van der Waals surface area contributed by atoms with Gasteiger partial charge in [-0.15, -0.1) is 0 Å². The molecule has 1 aliphatic rings. The summed E-state index contributed by atoms with van der Waals surface area (Å²) in [5.41, 5.74) is 2.49. The summed E-state index contributed by atoms with van der Waals surface area (Å²) in [6.07, 6.45) is 0.731. The van der Waals surface area contributed by atoms with Crippen LogP contribution in [0.3, 0.4) is 0 Å². The number of fused-ring (bicyclic) bond motifs is 1. The lowest BCUT2D eigenvalue weighted by atomic mass is 10.00. The van der Waals surface area contributed by atoms with E-state index in [-0.39, 0.29) is 28.1 Å². The van der Waals surface area contributed by atoms with E-state index in [9.17, 15) is 13.2 Å². The van der Waals surface area contributed by atoms with Crippen molar-refractivity contribution in [2.24, 2.45) is 0 Å². The van der Waals surface area contributed by atoms with Crippen LogP contribution in [0.2, 0.25) is 10.0 Å². The van der Waals surface area contributed by atoms with Gasteiger partial charge in [0.25, 0.3) is 10.0 Å². The smallest absolute Gasteiger partial charge is 0.264 e. The monoisotopic (exact) mass is 474 g/mol. The number of carbonyl (C=O) groups is 1. The van der Waals surface area contributed by atoms with E-state index in [2.05, 4.69) is 6.07 Å². The molecule has 0 radical (unpaired) electrons. The molecule has 0 atom stereocenters. The fourth-order valence-corrected chi connectivity index (χ4v) is 5.65. The molecule has 0 spiro atoms. The molecular weight excluding hydrogens is 455 g/mol. The summed E-state index contributed by atoms with van der Waals surface area (Å²) >= 11 is 12.3. The van der Waals surface area contributed by atoms with Crippen molar-refractivity contribution in [3.8, 4) is 0 Å². The van der Waals surface area contributed by atoms with Crippen LogP contribution in [-0.2, 0) is 27.8 Å². The van der Waals surface area contributed by atoms with Crippen molar-refractivity contribution < 1.29 is 13.2 Å². The molecule has 5 nitrogen and oxygen atoms in total. The highest BCUT2D eigenvalue weighted by Crippen LogP contribution is 2.33. The van der Waals surface area contributed by atoms with E-state index < -0.39 is 10.0 Å². The van der Waals surface area contributed by atoms with Crippen molar-refractivity contribution in [3.63, 3.8) is 0 Å². The minimum absolute atomic E-state index is 0.0813. The van der Waals surface area contributed by atoms with Gasteiger partial charge in [-0.1, -0.05) is 65.7 Å². The fourth-order valence-electron chi connectivity index (χ4n) is 3.63. The number of hydrogen-bond donors (Lipinski definition) is 0. The Morgan fingerprint density at radius 3 is 2.32 bits per heavy atom. The largest absolute Gasteiger partial charge is 0.336 e. The van der Waals surface area contributed by atoms with Crippen molar-refractivity contribution in [1.82, 2.24) is 4.90 Å². The second-order valence-electron chi connectivity index (χ2n) is 7.25. The molecule has 1 heterocycles. The molecule has 0 bridgehead atoms. The zero-order chi connectivity index (χ0) is 22.0. The van der Waals surface area contributed by atoms with Crippen molar-refractivity contribution in [2.75, 3.05) is 17.4 Å². The van der Waals surface area contributed by atoms with Crippen molar-refractivity contribution in [3.05, 3.63) is 94.0 Å². The maximum Gasteiger partial charge on any atom is 0.264 e. The minimum Gasteiger partial charge on any atom is -0.336 e. The van der Waals surface area contributed by atoms with Crippen molar-refractivity contribution in [2.45, 2.75) is 17.9 Å². The average molecular weight is 475 g/mol. The van der Waals surface area contributed by atoms with Gasteiger partial charge in [-0.05, 0) is 47.9 Å². The van der Waals surface area contributed by atoms with Gasteiger partial charge in [0.05, 0.1) is 15.6 Å². The number of nitrogens with zero attached hydrogens (tertiary/aromatic N) is 2. The molecule has 0 fully saturated rings. The molecule has 0 aliphatic carbocycles. The van der Waals surface area contributed by atoms with Gasteiger partial charge in [-0.2, -0.15) is 0 Å². The Hall–Kier alpha value is -2.54. The predicted octanol–water partition coefficient (Wildman–Crippen LogP) is 4.77. The Kier molecular flexibility index (Phi) is 6.23. The summed E-state index contributed by atoms with van der Waals surface area (Å²) in [6.45, 7) is 0.618. The van der Waals surface area contributed by atoms with Crippen LogP contribution in [0.4, 0.5) is 5.69 Å². The summed E-state index contributed by atoms with van der Waals surface area (Å²) in [5.74, 6) is -0.292. The topological polar surface area (TPSA) is 57.7 Å². The fraction of sp³-hybridized carbons (Fsp3) is 0.174. The summed E-state index contributed by atoms with van der Waals surface area (Å²) < 4.78 is 28.0. The zero-order valence-corrected chi connectivity index (χ0v) is 18.9. The highest BCUT2D eigenvalue weighted by molar-refractivity contribution is 7.92. The van der Waals surface area contributed by atoms with Crippen molar-refractivity contribution >= 4 is 44.8 Å². The van der Waals surface area contributed by atoms with Crippen LogP contribution in [0.25, 0.3) is 0 Å². The first kappa shape index (κ1) is 21.7. The molecule has 0 unspecified atom stereocenters. The molecule has 0 saturated heterocycles. The van der Waals surface area contributed by atoms with Gasteiger partial charge in [-0.25, -0.2) is 8.42 Å². The Labute approximate surface area is 191 Å². The molecule has 0 aromatic heterocycles. The SMILES string of the molecule is O=C(CN(c1ccc(Cl)cc1Cl)S(=O)(=O)c1ccccc1)N1CCc2ccccc2C1. The number of carbonyl (C=O) groups excluding carboxylic acids is 1. The number of halogens is 2. The van der Waals surface area contributed by atoms with Gasteiger partial charge >= 0.3 is 0 Å². The van der Waals surface area contributed by atoms with E-state index in [4.69, 9.17) is 23.2 Å². The van der Waals surface area contributed by atoms with Crippen molar-refractivity contribution in [1.29, 1.82) is 0 Å².